The van der Waals surface area contributed by atoms with Crippen LogP contribution in [0, 0.1) is 5.82 Å². The lowest BCUT2D eigenvalue weighted by molar-refractivity contribution is 0.0954. The third-order valence-corrected chi connectivity index (χ3v) is 2.14. The molecule has 0 unspecified atom stereocenters. The SMILES string of the molecule is O=C(NN=Cc1ccccn1)c1cccc(F)c1. The molecular formula is C13H10FN3O. The maximum atomic E-state index is 12.9. The molecule has 0 aliphatic heterocycles. The van der Waals surface area contributed by atoms with E-state index in [9.17, 15) is 9.18 Å². The summed E-state index contributed by atoms with van der Waals surface area (Å²) in [5.74, 6) is -0.932. The summed E-state index contributed by atoms with van der Waals surface area (Å²) >= 11 is 0. The number of pyridine rings is 1. The highest BCUT2D eigenvalue weighted by Gasteiger charge is 2.04. The van der Waals surface area contributed by atoms with Gasteiger partial charge in [0.05, 0.1) is 11.9 Å². The molecule has 1 N–H and O–H groups in total. The van der Waals surface area contributed by atoms with Crippen molar-refractivity contribution in [3.8, 4) is 0 Å². The Morgan fingerprint density at radius 1 is 1.28 bits per heavy atom. The molecule has 0 saturated heterocycles. The molecule has 2 rings (SSSR count). The van der Waals surface area contributed by atoms with Crippen LogP contribution in [0.15, 0.2) is 53.8 Å². The average molecular weight is 243 g/mol. The summed E-state index contributed by atoms with van der Waals surface area (Å²) in [7, 11) is 0. The number of benzene rings is 1. The van der Waals surface area contributed by atoms with E-state index in [1.807, 2.05) is 6.07 Å². The summed E-state index contributed by atoms with van der Waals surface area (Å²) in [5.41, 5.74) is 3.14. The van der Waals surface area contributed by atoms with E-state index in [2.05, 4.69) is 15.5 Å². The Balaban J connectivity index is 1.99. The molecule has 1 amide bonds. The first kappa shape index (κ1) is 11.9. The van der Waals surface area contributed by atoms with Crippen LogP contribution in [0.1, 0.15) is 16.1 Å². The largest absolute Gasteiger partial charge is 0.271 e. The van der Waals surface area contributed by atoms with Gasteiger partial charge in [-0.2, -0.15) is 5.10 Å². The Morgan fingerprint density at radius 2 is 2.17 bits per heavy atom. The second-order valence-corrected chi connectivity index (χ2v) is 3.46. The molecule has 2 aromatic rings. The molecule has 0 spiro atoms. The van der Waals surface area contributed by atoms with E-state index in [1.54, 1.807) is 18.3 Å². The van der Waals surface area contributed by atoms with Gasteiger partial charge in [-0.3, -0.25) is 9.78 Å². The van der Waals surface area contributed by atoms with Crippen LogP contribution >= 0.6 is 0 Å². The first-order valence-electron chi connectivity index (χ1n) is 5.26. The predicted molar refractivity (Wildman–Crippen MR) is 65.7 cm³/mol. The van der Waals surface area contributed by atoms with Gasteiger partial charge in [-0.25, -0.2) is 9.82 Å². The Kier molecular flexibility index (Phi) is 3.76. The normalized spacial score (nSPS) is 10.5. The minimum atomic E-state index is -0.471. The number of amides is 1. The predicted octanol–water partition coefficient (Wildman–Crippen LogP) is 1.98. The monoisotopic (exact) mass is 243 g/mol. The van der Waals surface area contributed by atoms with E-state index in [4.69, 9.17) is 0 Å². The number of rotatable bonds is 3. The summed E-state index contributed by atoms with van der Waals surface area (Å²) < 4.78 is 12.9. The van der Waals surface area contributed by atoms with Crippen molar-refractivity contribution in [1.82, 2.24) is 10.4 Å². The molecule has 1 aromatic heterocycles. The number of hydrogen-bond acceptors (Lipinski definition) is 3. The minimum absolute atomic E-state index is 0.216. The molecule has 5 heteroatoms. The molecule has 0 saturated carbocycles. The Labute approximate surface area is 103 Å². The van der Waals surface area contributed by atoms with E-state index in [0.29, 0.717) is 5.69 Å². The third-order valence-electron chi connectivity index (χ3n) is 2.14. The lowest BCUT2D eigenvalue weighted by Crippen LogP contribution is -2.17. The quantitative estimate of drug-likeness (QED) is 0.662. The molecule has 0 aliphatic rings. The van der Waals surface area contributed by atoms with Gasteiger partial charge in [-0.1, -0.05) is 12.1 Å². The van der Waals surface area contributed by atoms with E-state index < -0.39 is 11.7 Å². The molecule has 0 atom stereocenters. The van der Waals surface area contributed by atoms with E-state index in [0.717, 1.165) is 6.07 Å². The van der Waals surface area contributed by atoms with Gasteiger partial charge in [0.2, 0.25) is 0 Å². The van der Waals surface area contributed by atoms with Gasteiger partial charge < -0.3 is 0 Å². The Hall–Kier alpha value is -2.56. The molecule has 0 bridgehead atoms. The maximum Gasteiger partial charge on any atom is 0.271 e. The van der Waals surface area contributed by atoms with Gasteiger partial charge >= 0.3 is 0 Å². The Morgan fingerprint density at radius 3 is 2.89 bits per heavy atom. The van der Waals surface area contributed by atoms with Crippen molar-refractivity contribution >= 4 is 12.1 Å². The zero-order chi connectivity index (χ0) is 12.8. The summed E-state index contributed by atoms with van der Waals surface area (Å²) in [6.07, 6.45) is 3.03. The van der Waals surface area contributed by atoms with Crippen molar-refractivity contribution in [1.29, 1.82) is 0 Å². The van der Waals surface area contributed by atoms with Crippen LogP contribution in [0.4, 0.5) is 4.39 Å². The molecular weight excluding hydrogens is 233 g/mol. The number of nitrogens with one attached hydrogen (secondary N) is 1. The van der Waals surface area contributed by atoms with Crippen molar-refractivity contribution in [2.75, 3.05) is 0 Å². The smallest absolute Gasteiger partial charge is 0.267 e. The highest BCUT2D eigenvalue weighted by Crippen LogP contribution is 2.02. The zero-order valence-electron chi connectivity index (χ0n) is 9.38. The van der Waals surface area contributed by atoms with Crippen LogP contribution in [0.25, 0.3) is 0 Å². The topological polar surface area (TPSA) is 54.4 Å². The lowest BCUT2D eigenvalue weighted by Gasteiger charge is -1.99. The number of halogens is 1. The van der Waals surface area contributed by atoms with Crippen LogP contribution in [0.3, 0.4) is 0 Å². The van der Waals surface area contributed by atoms with Gasteiger partial charge in [0.1, 0.15) is 5.82 Å². The van der Waals surface area contributed by atoms with Crippen molar-refractivity contribution in [2.24, 2.45) is 5.10 Å². The van der Waals surface area contributed by atoms with Crippen LogP contribution in [0.5, 0.6) is 0 Å². The second-order valence-electron chi connectivity index (χ2n) is 3.46. The summed E-state index contributed by atoms with van der Waals surface area (Å²) in [6, 6.07) is 10.7. The number of hydrazone groups is 1. The van der Waals surface area contributed by atoms with Crippen LogP contribution in [-0.4, -0.2) is 17.1 Å². The number of carbonyl (C=O) groups is 1. The van der Waals surface area contributed by atoms with Gasteiger partial charge in [0, 0.05) is 11.8 Å². The van der Waals surface area contributed by atoms with Crippen molar-refractivity contribution < 1.29 is 9.18 Å². The Bertz CT molecular complexity index is 569. The molecule has 90 valence electrons. The lowest BCUT2D eigenvalue weighted by atomic mass is 10.2. The highest BCUT2D eigenvalue weighted by molar-refractivity contribution is 5.94. The van der Waals surface area contributed by atoms with Gasteiger partial charge in [0.25, 0.3) is 5.91 Å². The summed E-state index contributed by atoms with van der Waals surface area (Å²) in [5, 5.41) is 3.74. The number of hydrogen-bond donors (Lipinski definition) is 1. The average Bonchev–Trinajstić information content (AvgIpc) is 2.40. The molecule has 1 aromatic carbocycles. The van der Waals surface area contributed by atoms with Crippen LogP contribution < -0.4 is 5.43 Å². The molecule has 18 heavy (non-hydrogen) atoms. The number of nitrogens with zero attached hydrogens (tertiary/aromatic N) is 2. The van der Waals surface area contributed by atoms with Crippen molar-refractivity contribution in [2.45, 2.75) is 0 Å². The zero-order valence-corrected chi connectivity index (χ0v) is 9.38. The van der Waals surface area contributed by atoms with Crippen LogP contribution in [0.2, 0.25) is 0 Å². The fraction of sp³-hybridized carbons (Fsp3) is 0. The maximum absolute atomic E-state index is 12.9. The van der Waals surface area contributed by atoms with Crippen LogP contribution in [-0.2, 0) is 0 Å². The fourth-order valence-corrected chi connectivity index (χ4v) is 1.30. The van der Waals surface area contributed by atoms with E-state index in [-0.39, 0.29) is 5.56 Å². The number of carbonyl (C=O) groups excluding carboxylic acids is 1. The summed E-state index contributed by atoms with van der Waals surface area (Å²) in [4.78, 5) is 15.6. The third kappa shape index (κ3) is 3.21. The standard InChI is InChI=1S/C13H10FN3O/c14-11-5-3-4-10(8-11)13(18)17-16-9-12-6-1-2-7-15-12/h1-9H,(H,17,18). The van der Waals surface area contributed by atoms with Crippen molar-refractivity contribution in [3.05, 3.63) is 65.7 Å². The van der Waals surface area contributed by atoms with Crippen molar-refractivity contribution in [3.63, 3.8) is 0 Å². The second kappa shape index (κ2) is 5.67. The van der Waals surface area contributed by atoms with E-state index >= 15 is 0 Å². The first-order chi connectivity index (χ1) is 8.75. The molecule has 4 nitrogen and oxygen atoms in total. The number of aromatic nitrogens is 1. The molecule has 0 radical (unpaired) electrons. The first-order valence-corrected chi connectivity index (χ1v) is 5.26. The fourth-order valence-electron chi connectivity index (χ4n) is 1.30. The highest BCUT2D eigenvalue weighted by atomic mass is 19.1. The van der Waals surface area contributed by atoms with Gasteiger partial charge in [-0.15, -0.1) is 0 Å². The molecule has 0 aliphatic carbocycles. The molecule has 0 fully saturated rings. The molecule has 1 heterocycles. The van der Waals surface area contributed by atoms with Gasteiger partial charge in [-0.05, 0) is 30.3 Å². The minimum Gasteiger partial charge on any atom is -0.267 e. The van der Waals surface area contributed by atoms with E-state index in [1.165, 1.54) is 24.4 Å². The van der Waals surface area contributed by atoms with Gasteiger partial charge in [0.15, 0.2) is 0 Å². The summed E-state index contributed by atoms with van der Waals surface area (Å²) in [6.45, 7) is 0.